The van der Waals surface area contributed by atoms with Crippen molar-refractivity contribution in [2.75, 3.05) is 24.7 Å². The van der Waals surface area contributed by atoms with Crippen molar-refractivity contribution in [2.24, 2.45) is 0 Å². The fraction of sp³-hybridized carbons (Fsp3) is 0.417. The molecule has 0 amide bonds. The Balaban J connectivity index is 1.99. The molecule has 90 valence electrons. The Morgan fingerprint density at radius 2 is 2.35 bits per heavy atom. The fourth-order valence-corrected chi connectivity index (χ4v) is 2.18. The van der Waals surface area contributed by atoms with Gasteiger partial charge in [-0.25, -0.2) is 0 Å². The molecule has 1 aliphatic heterocycles. The molecule has 1 atom stereocenters. The number of aromatic nitrogens is 1. The lowest BCUT2D eigenvalue weighted by Gasteiger charge is -2.31. The van der Waals surface area contributed by atoms with Gasteiger partial charge in [0, 0.05) is 17.6 Å². The molecule has 0 N–H and O–H groups in total. The van der Waals surface area contributed by atoms with Crippen LogP contribution in [0.5, 0.6) is 0 Å². The van der Waals surface area contributed by atoms with Crippen LogP contribution in [0.15, 0.2) is 22.6 Å². The highest BCUT2D eigenvalue weighted by Gasteiger charge is 2.23. The number of ether oxygens (including phenoxy) is 1. The van der Waals surface area contributed by atoms with Crippen molar-refractivity contribution in [1.82, 2.24) is 4.98 Å². The number of fused-ring (bicyclic) bond motifs is 1. The topological polar surface area (TPSA) is 38.5 Å². The summed E-state index contributed by atoms with van der Waals surface area (Å²) < 4.78 is 11.1. The summed E-state index contributed by atoms with van der Waals surface area (Å²) in [5.74, 6) is 0. The number of hydrogen-bond donors (Lipinski definition) is 0. The molecule has 5 heteroatoms. The van der Waals surface area contributed by atoms with E-state index in [4.69, 9.17) is 20.8 Å². The normalized spacial score (nSPS) is 21.1. The number of rotatable bonds is 1. The zero-order valence-electron chi connectivity index (χ0n) is 9.52. The number of oxazole rings is 1. The second-order valence-corrected chi connectivity index (χ2v) is 4.66. The van der Waals surface area contributed by atoms with E-state index in [0.29, 0.717) is 24.3 Å². The van der Waals surface area contributed by atoms with Crippen LogP contribution in [0.4, 0.5) is 6.01 Å². The minimum atomic E-state index is 0.285. The first-order valence-corrected chi connectivity index (χ1v) is 6.02. The maximum absolute atomic E-state index is 5.92. The summed E-state index contributed by atoms with van der Waals surface area (Å²) in [5, 5.41) is 0.662. The minimum Gasteiger partial charge on any atom is -0.423 e. The Morgan fingerprint density at radius 3 is 3.18 bits per heavy atom. The average molecular weight is 253 g/mol. The molecule has 0 bridgehead atoms. The van der Waals surface area contributed by atoms with Gasteiger partial charge in [0.2, 0.25) is 0 Å². The van der Waals surface area contributed by atoms with E-state index in [9.17, 15) is 0 Å². The van der Waals surface area contributed by atoms with Gasteiger partial charge in [0.1, 0.15) is 5.52 Å². The molecule has 1 fully saturated rings. The maximum Gasteiger partial charge on any atom is 0.298 e. The first-order chi connectivity index (χ1) is 8.24. The van der Waals surface area contributed by atoms with Crippen molar-refractivity contribution in [3.05, 3.63) is 23.2 Å². The smallest absolute Gasteiger partial charge is 0.298 e. The van der Waals surface area contributed by atoms with Crippen molar-refractivity contribution in [3.63, 3.8) is 0 Å². The van der Waals surface area contributed by atoms with E-state index in [1.807, 2.05) is 12.1 Å². The van der Waals surface area contributed by atoms with Gasteiger partial charge in [0.15, 0.2) is 5.58 Å². The van der Waals surface area contributed by atoms with Crippen LogP contribution in [0.1, 0.15) is 6.92 Å². The van der Waals surface area contributed by atoms with Crippen LogP contribution in [-0.4, -0.2) is 30.8 Å². The van der Waals surface area contributed by atoms with Crippen LogP contribution in [0.3, 0.4) is 0 Å². The van der Waals surface area contributed by atoms with Crippen molar-refractivity contribution in [1.29, 1.82) is 0 Å². The maximum atomic E-state index is 5.92. The molecule has 4 nitrogen and oxygen atoms in total. The molecule has 17 heavy (non-hydrogen) atoms. The molecule has 0 aliphatic carbocycles. The molecule has 0 saturated carbocycles. The third-order valence-corrected chi connectivity index (χ3v) is 3.19. The lowest BCUT2D eigenvalue weighted by atomic mass is 10.3. The predicted molar refractivity (Wildman–Crippen MR) is 66.6 cm³/mol. The highest BCUT2D eigenvalue weighted by Crippen LogP contribution is 2.26. The second kappa shape index (κ2) is 4.20. The summed E-state index contributed by atoms with van der Waals surface area (Å²) in [6, 6.07) is 6.41. The van der Waals surface area contributed by atoms with Gasteiger partial charge in [-0.1, -0.05) is 11.6 Å². The van der Waals surface area contributed by atoms with E-state index in [0.717, 1.165) is 17.6 Å². The van der Waals surface area contributed by atoms with Crippen LogP contribution in [-0.2, 0) is 4.74 Å². The van der Waals surface area contributed by atoms with E-state index < -0.39 is 0 Å². The minimum absolute atomic E-state index is 0.285. The van der Waals surface area contributed by atoms with Crippen molar-refractivity contribution >= 4 is 28.7 Å². The fourth-order valence-electron chi connectivity index (χ4n) is 2.02. The number of anilines is 1. The number of morpholine rings is 1. The number of benzene rings is 1. The third kappa shape index (κ3) is 1.98. The first-order valence-electron chi connectivity index (χ1n) is 5.64. The van der Waals surface area contributed by atoms with Gasteiger partial charge in [0.05, 0.1) is 19.3 Å². The molecule has 1 aromatic heterocycles. The van der Waals surface area contributed by atoms with Crippen LogP contribution in [0.2, 0.25) is 5.02 Å². The second-order valence-electron chi connectivity index (χ2n) is 4.23. The largest absolute Gasteiger partial charge is 0.423 e. The summed E-state index contributed by atoms with van der Waals surface area (Å²) in [6.45, 7) is 4.33. The van der Waals surface area contributed by atoms with Crippen molar-refractivity contribution in [3.8, 4) is 0 Å². The standard InChI is InChI=1S/C12H13ClN2O2/c1-8-7-16-5-4-15(8)12-14-10-3-2-9(13)6-11(10)17-12/h2-3,6,8H,4-5,7H2,1H3. The summed E-state index contributed by atoms with van der Waals surface area (Å²) in [4.78, 5) is 6.60. The highest BCUT2D eigenvalue weighted by molar-refractivity contribution is 6.31. The molecule has 2 heterocycles. The molecule has 1 unspecified atom stereocenters. The first kappa shape index (κ1) is 10.9. The molecule has 3 rings (SSSR count). The molecule has 1 aromatic carbocycles. The van der Waals surface area contributed by atoms with E-state index in [-0.39, 0.29) is 6.04 Å². The van der Waals surface area contributed by atoms with E-state index in [1.165, 1.54) is 0 Å². The Kier molecular flexibility index (Phi) is 2.68. The van der Waals surface area contributed by atoms with Crippen molar-refractivity contribution < 1.29 is 9.15 Å². The molecular weight excluding hydrogens is 240 g/mol. The number of halogens is 1. The molecule has 1 saturated heterocycles. The van der Waals surface area contributed by atoms with Gasteiger partial charge in [0.25, 0.3) is 6.01 Å². The number of nitrogens with zero attached hydrogens (tertiary/aromatic N) is 2. The Morgan fingerprint density at radius 1 is 1.47 bits per heavy atom. The van der Waals surface area contributed by atoms with Crippen molar-refractivity contribution in [2.45, 2.75) is 13.0 Å². The quantitative estimate of drug-likeness (QED) is 0.782. The van der Waals surface area contributed by atoms with Crippen LogP contribution >= 0.6 is 11.6 Å². The zero-order chi connectivity index (χ0) is 11.8. The monoisotopic (exact) mass is 252 g/mol. The highest BCUT2D eigenvalue weighted by atomic mass is 35.5. The lowest BCUT2D eigenvalue weighted by molar-refractivity contribution is 0.0963. The molecular formula is C12H13ClN2O2. The Labute approximate surface area is 104 Å². The van der Waals surface area contributed by atoms with Gasteiger partial charge < -0.3 is 14.1 Å². The summed E-state index contributed by atoms with van der Waals surface area (Å²) in [5.41, 5.74) is 1.56. The lowest BCUT2D eigenvalue weighted by Crippen LogP contribution is -2.43. The van der Waals surface area contributed by atoms with Gasteiger partial charge in [-0.05, 0) is 19.1 Å². The van der Waals surface area contributed by atoms with Crippen LogP contribution in [0.25, 0.3) is 11.1 Å². The van der Waals surface area contributed by atoms with Crippen LogP contribution in [0, 0.1) is 0 Å². The number of hydrogen-bond acceptors (Lipinski definition) is 4. The Bertz CT molecular complexity index is 540. The molecule has 1 aliphatic rings. The van der Waals surface area contributed by atoms with Gasteiger partial charge in [-0.15, -0.1) is 0 Å². The predicted octanol–water partition coefficient (Wildman–Crippen LogP) is 2.71. The van der Waals surface area contributed by atoms with Crippen LogP contribution < -0.4 is 4.90 Å². The summed E-state index contributed by atoms with van der Waals surface area (Å²) in [7, 11) is 0. The molecule has 0 spiro atoms. The van der Waals surface area contributed by atoms with E-state index >= 15 is 0 Å². The van der Waals surface area contributed by atoms with E-state index in [1.54, 1.807) is 6.07 Å². The molecule has 2 aromatic rings. The average Bonchev–Trinajstić information content (AvgIpc) is 2.72. The van der Waals surface area contributed by atoms with E-state index in [2.05, 4.69) is 16.8 Å². The third-order valence-electron chi connectivity index (χ3n) is 2.95. The van der Waals surface area contributed by atoms with Gasteiger partial charge >= 0.3 is 0 Å². The Hall–Kier alpha value is -1.26. The summed E-state index contributed by atoms with van der Waals surface area (Å²) in [6.07, 6.45) is 0. The SMILES string of the molecule is CC1COCCN1c1nc2ccc(Cl)cc2o1. The molecule has 0 radical (unpaired) electrons. The van der Waals surface area contributed by atoms with Gasteiger partial charge in [-0.2, -0.15) is 4.98 Å². The zero-order valence-corrected chi connectivity index (χ0v) is 10.3. The van der Waals surface area contributed by atoms with Gasteiger partial charge in [-0.3, -0.25) is 0 Å². The summed E-state index contributed by atoms with van der Waals surface area (Å²) >= 11 is 5.92.